The van der Waals surface area contributed by atoms with Crippen molar-refractivity contribution in [1.82, 2.24) is 15.5 Å². The van der Waals surface area contributed by atoms with Gasteiger partial charge in [-0.1, -0.05) is 25.3 Å². The second-order valence-electron chi connectivity index (χ2n) is 6.86. The van der Waals surface area contributed by atoms with Crippen LogP contribution in [0, 0.1) is 5.82 Å². The number of hydrogen-bond acceptors (Lipinski definition) is 4. The second-order valence-corrected chi connectivity index (χ2v) is 6.86. The van der Waals surface area contributed by atoms with E-state index >= 15 is 0 Å². The van der Waals surface area contributed by atoms with Crippen LogP contribution in [0.5, 0.6) is 5.75 Å². The third kappa shape index (κ3) is 5.69. The van der Waals surface area contributed by atoms with Gasteiger partial charge in [0.25, 0.3) is 0 Å². The molecule has 1 atom stereocenters. The van der Waals surface area contributed by atoms with E-state index in [0.29, 0.717) is 6.54 Å². The van der Waals surface area contributed by atoms with Gasteiger partial charge in [0.2, 0.25) is 5.91 Å². The molecule has 1 aromatic rings. The van der Waals surface area contributed by atoms with Crippen molar-refractivity contribution in [2.45, 2.75) is 57.7 Å². The molecule has 0 radical (unpaired) electrons. The van der Waals surface area contributed by atoms with Gasteiger partial charge in [0.05, 0.1) is 13.2 Å². The van der Waals surface area contributed by atoms with Crippen molar-refractivity contribution in [3.05, 3.63) is 29.6 Å². The van der Waals surface area contributed by atoms with E-state index in [4.69, 9.17) is 4.74 Å². The molecule has 7 heteroatoms. The third-order valence-electron chi connectivity index (χ3n) is 4.87. The first-order valence-corrected chi connectivity index (χ1v) is 9.04. The van der Waals surface area contributed by atoms with Gasteiger partial charge < -0.3 is 10.1 Å². The zero-order valence-corrected chi connectivity index (χ0v) is 15.7. The normalized spacial score (nSPS) is 16.2. The van der Waals surface area contributed by atoms with E-state index in [-0.39, 0.29) is 17.7 Å². The Morgan fingerprint density at radius 2 is 2.00 bits per heavy atom. The summed E-state index contributed by atoms with van der Waals surface area (Å²) in [5.74, 6) is -0.640. The molecule has 0 unspecified atom stereocenters. The lowest BCUT2D eigenvalue weighted by molar-refractivity contribution is -0.124. The highest BCUT2D eigenvalue weighted by Crippen LogP contribution is 2.19. The zero-order valence-electron chi connectivity index (χ0n) is 15.7. The quantitative estimate of drug-likeness (QED) is 0.813. The molecule has 0 spiro atoms. The number of halogens is 1. The molecule has 6 nitrogen and oxygen atoms in total. The summed E-state index contributed by atoms with van der Waals surface area (Å²) in [7, 11) is 3.17. The lowest BCUT2D eigenvalue weighted by Crippen LogP contribution is -2.50. The summed E-state index contributed by atoms with van der Waals surface area (Å²) < 4.78 is 18.7. The Bertz CT molecular complexity index is 632. The minimum absolute atomic E-state index is 0.145. The third-order valence-corrected chi connectivity index (χ3v) is 4.87. The number of carbonyl (C=O) groups excluding carboxylic acids is 2. The molecule has 0 aromatic heterocycles. The Morgan fingerprint density at radius 1 is 1.31 bits per heavy atom. The highest BCUT2D eigenvalue weighted by atomic mass is 19.1. The number of amides is 3. The Morgan fingerprint density at radius 3 is 2.62 bits per heavy atom. The minimum atomic E-state index is -0.530. The van der Waals surface area contributed by atoms with Crippen molar-refractivity contribution in [3.8, 4) is 5.75 Å². The molecule has 26 heavy (non-hydrogen) atoms. The summed E-state index contributed by atoms with van der Waals surface area (Å²) in [5.41, 5.74) is 0.720. The van der Waals surface area contributed by atoms with Crippen molar-refractivity contribution in [2.24, 2.45) is 0 Å². The Balaban J connectivity index is 1.84. The van der Waals surface area contributed by atoms with Crippen LogP contribution in [0.2, 0.25) is 0 Å². The van der Waals surface area contributed by atoms with Gasteiger partial charge in [0.1, 0.15) is 0 Å². The van der Waals surface area contributed by atoms with E-state index in [1.165, 1.54) is 19.6 Å². The van der Waals surface area contributed by atoms with Gasteiger partial charge in [-0.05, 0) is 44.5 Å². The van der Waals surface area contributed by atoms with Crippen molar-refractivity contribution in [2.75, 3.05) is 14.2 Å². The lowest BCUT2D eigenvalue weighted by Gasteiger charge is -2.25. The molecule has 1 aliphatic carbocycles. The number of likely N-dealkylation sites (N-methyl/N-ethyl adjacent to an activating group) is 1. The van der Waals surface area contributed by atoms with Crippen LogP contribution in [0.25, 0.3) is 0 Å². The second kappa shape index (κ2) is 9.52. The fourth-order valence-electron chi connectivity index (χ4n) is 3.12. The summed E-state index contributed by atoms with van der Waals surface area (Å²) in [5, 5.41) is 5.26. The lowest BCUT2D eigenvalue weighted by atomic mass is 9.96. The Hall–Kier alpha value is -2.15. The number of carbonyl (C=O) groups is 2. The molecule has 2 N–H and O–H groups in total. The van der Waals surface area contributed by atoms with Crippen LogP contribution >= 0.6 is 0 Å². The first-order valence-electron chi connectivity index (χ1n) is 9.04. The van der Waals surface area contributed by atoms with Crippen LogP contribution in [0.4, 0.5) is 9.18 Å². The van der Waals surface area contributed by atoms with E-state index in [1.807, 2.05) is 0 Å². The molecule has 1 fully saturated rings. The highest BCUT2D eigenvalue weighted by molar-refractivity contribution is 5.96. The Labute approximate surface area is 154 Å². The Kier molecular flexibility index (Phi) is 7.38. The average Bonchev–Trinajstić information content (AvgIpc) is 2.61. The molecule has 1 aliphatic rings. The van der Waals surface area contributed by atoms with Crippen LogP contribution in [0.3, 0.4) is 0 Å². The molecule has 1 aromatic carbocycles. The topological polar surface area (TPSA) is 70.7 Å². The van der Waals surface area contributed by atoms with Crippen molar-refractivity contribution in [3.63, 3.8) is 0 Å². The minimum Gasteiger partial charge on any atom is -0.494 e. The van der Waals surface area contributed by atoms with Gasteiger partial charge in [-0.15, -0.1) is 0 Å². The van der Waals surface area contributed by atoms with Crippen LogP contribution in [0.1, 0.15) is 44.6 Å². The maximum Gasteiger partial charge on any atom is 0.321 e. The average molecular weight is 365 g/mol. The van der Waals surface area contributed by atoms with Crippen molar-refractivity contribution < 1.29 is 18.7 Å². The summed E-state index contributed by atoms with van der Waals surface area (Å²) in [4.78, 5) is 26.0. The fraction of sp³-hybridized carbons (Fsp3) is 0.579. The molecular weight excluding hydrogens is 337 g/mol. The maximum absolute atomic E-state index is 13.8. The number of hydrogen-bond donors (Lipinski definition) is 2. The van der Waals surface area contributed by atoms with Crippen LogP contribution in [-0.2, 0) is 11.3 Å². The summed E-state index contributed by atoms with van der Waals surface area (Å²) in [6, 6.07) is 3.86. The molecular formula is C19H28FN3O3. The standard InChI is InChI=1S/C19H28FN3O3/c1-13(18(24)22-19(25)21-15-7-5-4-6-8-15)23(2)12-14-9-10-17(26-3)16(20)11-14/h9-11,13,15H,4-8,12H2,1-3H3,(H2,21,22,24,25)/t13-/m1/s1. The first-order chi connectivity index (χ1) is 12.4. The van der Waals surface area contributed by atoms with Crippen LogP contribution < -0.4 is 15.4 Å². The van der Waals surface area contributed by atoms with Crippen LogP contribution in [0.15, 0.2) is 18.2 Å². The number of ether oxygens (including phenoxy) is 1. The number of nitrogens with one attached hydrogen (secondary N) is 2. The van der Waals surface area contributed by atoms with E-state index in [0.717, 1.165) is 31.2 Å². The maximum atomic E-state index is 13.8. The van der Waals surface area contributed by atoms with E-state index in [9.17, 15) is 14.0 Å². The first kappa shape index (κ1) is 20.2. The number of imide groups is 1. The van der Waals surface area contributed by atoms with Gasteiger partial charge in [-0.2, -0.15) is 0 Å². The number of nitrogens with zero attached hydrogens (tertiary/aromatic N) is 1. The number of urea groups is 1. The summed E-state index contributed by atoms with van der Waals surface area (Å²) in [6.45, 7) is 2.09. The number of methoxy groups -OCH3 is 1. The highest BCUT2D eigenvalue weighted by Gasteiger charge is 2.22. The number of rotatable bonds is 6. The zero-order chi connectivity index (χ0) is 19.1. The fourth-order valence-corrected chi connectivity index (χ4v) is 3.12. The molecule has 1 saturated carbocycles. The van der Waals surface area contributed by atoms with Gasteiger partial charge in [-0.3, -0.25) is 15.0 Å². The monoisotopic (exact) mass is 365 g/mol. The van der Waals surface area contributed by atoms with Crippen LogP contribution in [-0.4, -0.2) is 43.1 Å². The van der Waals surface area contributed by atoms with E-state index in [1.54, 1.807) is 31.0 Å². The molecule has 0 heterocycles. The predicted octanol–water partition coefficient (Wildman–Crippen LogP) is 2.81. The van der Waals surface area contributed by atoms with Gasteiger partial charge >= 0.3 is 6.03 Å². The van der Waals surface area contributed by atoms with E-state index < -0.39 is 17.9 Å². The smallest absolute Gasteiger partial charge is 0.321 e. The predicted molar refractivity (Wildman–Crippen MR) is 97.4 cm³/mol. The number of benzene rings is 1. The van der Waals surface area contributed by atoms with Crippen molar-refractivity contribution in [1.29, 1.82) is 0 Å². The van der Waals surface area contributed by atoms with Crippen molar-refractivity contribution >= 4 is 11.9 Å². The largest absolute Gasteiger partial charge is 0.494 e. The molecule has 2 rings (SSSR count). The molecule has 144 valence electrons. The molecule has 0 bridgehead atoms. The van der Waals surface area contributed by atoms with Gasteiger partial charge in [0.15, 0.2) is 11.6 Å². The molecule has 0 aliphatic heterocycles. The summed E-state index contributed by atoms with van der Waals surface area (Å²) >= 11 is 0. The van der Waals surface area contributed by atoms with E-state index in [2.05, 4.69) is 10.6 Å². The van der Waals surface area contributed by atoms with Gasteiger partial charge in [0, 0.05) is 12.6 Å². The molecule has 0 saturated heterocycles. The summed E-state index contributed by atoms with van der Waals surface area (Å²) in [6.07, 6.45) is 5.33. The molecule has 3 amide bonds. The SMILES string of the molecule is COc1ccc(CN(C)[C@H](C)C(=O)NC(=O)NC2CCCCC2)cc1F. The van der Waals surface area contributed by atoms with Gasteiger partial charge in [-0.25, -0.2) is 9.18 Å².